The van der Waals surface area contributed by atoms with Crippen LogP contribution in [0.1, 0.15) is 18.1 Å². The van der Waals surface area contributed by atoms with Crippen LogP contribution in [-0.2, 0) is 0 Å². The minimum absolute atomic E-state index is 0.148. The fourth-order valence-electron chi connectivity index (χ4n) is 5.00. The zero-order valence-electron chi connectivity index (χ0n) is 20.4. The average Bonchev–Trinajstić information content (AvgIpc) is 3.28. The van der Waals surface area contributed by atoms with Gasteiger partial charge in [-0.05, 0) is 53.1 Å². The summed E-state index contributed by atoms with van der Waals surface area (Å²) in [6.07, 6.45) is 0. The van der Waals surface area contributed by atoms with Crippen LogP contribution >= 0.6 is 11.6 Å². The second kappa shape index (κ2) is 9.53. The number of nitrogens with zero attached hydrogens (tertiary/aromatic N) is 3. The number of benzene rings is 5. The molecule has 1 aromatic heterocycles. The lowest BCUT2D eigenvalue weighted by Gasteiger charge is -2.13. The van der Waals surface area contributed by atoms with Gasteiger partial charge in [-0.1, -0.05) is 104 Å². The SMILES string of the molecule is C=C(N=C(Cl)N=C(C)c1ccccc1-n1c2ccccc2c2c3ccccc3ccc21)c1ccccc1. The molecule has 0 N–H and O–H groups in total. The van der Waals surface area contributed by atoms with Crippen LogP contribution in [0.15, 0.2) is 132 Å². The summed E-state index contributed by atoms with van der Waals surface area (Å²) >= 11 is 6.50. The Labute approximate surface area is 220 Å². The molecule has 6 rings (SSSR count). The molecule has 0 aliphatic carbocycles. The number of aromatic nitrogens is 1. The van der Waals surface area contributed by atoms with E-state index in [9.17, 15) is 0 Å². The van der Waals surface area contributed by atoms with Gasteiger partial charge in [-0.25, -0.2) is 9.98 Å². The lowest BCUT2D eigenvalue weighted by Crippen LogP contribution is -2.05. The molecule has 0 aliphatic rings. The molecular formula is C33H24ClN3. The molecule has 37 heavy (non-hydrogen) atoms. The van der Waals surface area contributed by atoms with E-state index in [0.717, 1.165) is 33.6 Å². The zero-order valence-corrected chi connectivity index (χ0v) is 21.2. The first-order valence-electron chi connectivity index (χ1n) is 12.2. The Morgan fingerprint density at radius 2 is 1.35 bits per heavy atom. The number of hydrogen-bond acceptors (Lipinski definition) is 1. The lowest BCUT2D eigenvalue weighted by atomic mass is 10.0. The lowest BCUT2D eigenvalue weighted by molar-refractivity contribution is 1.17. The molecule has 0 radical (unpaired) electrons. The van der Waals surface area contributed by atoms with Crippen molar-refractivity contribution in [2.75, 3.05) is 0 Å². The Hall–Kier alpha value is -4.47. The third-order valence-electron chi connectivity index (χ3n) is 6.69. The van der Waals surface area contributed by atoms with Crippen LogP contribution in [0.2, 0.25) is 0 Å². The Morgan fingerprint density at radius 3 is 2.19 bits per heavy atom. The molecular weight excluding hydrogens is 474 g/mol. The van der Waals surface area contributed by atoms with Crippen molar-refractivity contribution in [3.63, 3.8) is 0 Å². The van der Waals surface area contributed by atoms with Gasteiger partial charge in [-0.3, -0.25) is 0 Å². The first-order chi connectivity index (χ1) is 18.1. The molecule has 3 nitrogen and oxygen atoms in total. The summed E-state index contributed by atoms with van der Waals surface area (Å²) in [6.45, 7) is 6.01. The van der Waals surface area contributed by atoms with E-state index < -0.39 is 0 Å². The first kappa shape index (κ1) is 23.0. The Kier molecular flexibility index (Phi) is 5.91. The summed E-state index contributed by atoms with van der Waals surface area (Å²) in [6, 6.07) is 39.5. The highest BCUT2D eigenvalue weighted by atomic mass is 35.5. The maximum Gasteiger partial charge on any atom is 0.223 e. The van der Waals surface area contributed by atoms with E-state index in [0.29, 0.717) is 5.70 Å². The summed E-state index contributed by atoms with van der Waals surface area (Å²) in [4.78, 5) is 9.08. The van der Waals surface area contributed by atoms with Crippen LogP contribution in [0.4, 0.5) is 0 Å². The van der Waals surface area contributed by atoms with Crippen molar-refractivity contribution in [2.24, 2.45) is 9.98 Å². The summed E-state index contributed by atoms with van der Waals surface area (Å²) in [5.74, 6) is 0. The molecule has 0 bridgehead atoms. The summed E-state index contributed by atoms with van der Waals surface area (Å²) in [5.41, 5.74) is 6.57. The molecule has 6 aromatic rings. The Balaban J connectivity index is 1.52. The normalized spacial score (nSPS) is 12.5. The predicted molar refractivity (Wildman–Crippen MR) is 159 cm³/mol. The second-order valence-corrected chi connectivity index (χ2v) is 9.28. The van der Waals surface area contributed by atoms with Gasteiger partial charge in [0, 0.05) is 16.3 Å². The van der Waals surface area contributed by atoms with Crippen LogP contribution in [0.3, 0.4) is 0 Å². The third kappa shape index (κ3) is 4.14. The molecule has 0 unspecified atom stereocenters. The molecule has 0 fully saturated rings. The van der Waals surface area contributed by atoms with Crippen molar-refractivity contribution >= 4 is 60.9 Å². The quantitative estimate of drug-likeness (QED) is 0.132. The van der Waals surface area contributed by atoms with Crippen molar-refractivity contribution in [1.29, 1.82) is 0 Å². The second-order valence-electron chi connectivity index (χ2n) is 8.94. The van der Waals surface area contributed by atoms with Crippen molar-refractivity contribution in [3.8, 4) is 5.69 Å². The molecule has 178 valence electrons. The number of amidine groups is 1. The maximum atomic E-state index is 6.50. The monoisotopic (exact) mass is 497 g/mol. The van der Waals surface area contributed by atoms with Crippen molar-refractivity contribution < 1.29 is 0 Å². The molecule has 5 aromatic carbocycles. The molecule has 0 saturated carbocycles. The highest BCUT2D eigenvalue weighted by molar-refractivity contribution is 6.66. The Bertz CT molecular complexity index is 1860. The van der Waals surface area contributed by atoms with E-state index in [1.54, 1.807) is 0 Å². The fraction of sp³-hybridized carbons (Fsp3) is 0.0303. The fourth-order valence-corrected chi connectivity index (χ4v) is 5.23. The van der Waals surface area contributed by atoms with E-state index >= 15 is 0 Å². The molecule has 0 aliphatic heterocycles. The third-order valence-corrected chi connectivity index (χ3v) is 6.86. The number of fused-ring (bicyclic) bond motifs is 5. The molecule has 0 atom stereocenters. The van der Waals surface area contributed by atoms with Gasteiger partial charge in [0.2, 0.25) is 5.29 Å². The van der Waals surface area contributed by atoms with Crippen LogP contribution in [0, 0.1) is 0 Å². The zero-order chi connectivity index (χ0) is 25.4. The molecule has 4 heteroatoms. The smallest absolute Gasteiger partial charge is 0.223 e. The summed E-state index contributed by atoms with van der Waals surface area (Å²) in [7, 11) is 0. The number of para-hydroxylation sites is 2. The van der Waals surface area contributed by atoms with Gasteiger partial charge in [0.15, 0.2) is 0 Å². The van der Waals surface area contributed by atoms with Gasteiger partial charge >= 0.3 is 0 Å². The van der Waals surface area contributed by atoms with Gasteiger partial charge in [-0.15, -0.1) is 0 Å². The number of halogens is 1. The van der Waals surface area contributed by atoms with Crippen molar-refractivity contribution in [1.82, 2.24) is 4.57 Å². The van der Waals surface area contributed by atoms with E-state index in [4.69, 9.17) is 11.6 Å². The maximum absolute atomic E-state index is 6.50. The summed E-state index contributed by atoms with van der Waals surface area (Å²) in [5, 5.41) is 5.08. The molecule has 0 spiro atoms. The minimum atomic E-state index is 0.148. The largest absolute Gasteiger partial charge is 0.309 e. The van der Waals surface area contributed by atoms with Crippen LogP contribution < -0.4 is 0 Å². The van der Waals surface area contributed by atoms with Crippen molar-refractivity contribution in [3.05, 3.63) is 133 Å². The highest BCUT2D eigenvalue weighted by Crippen LogP contribution is 2.37. The number of rotatable bonds is 4. The predicted octanol–water partition coefficient (Wildman–Crippen LogP) is 9.01. The van der Waals surface area contributed by atoms with Crippen molar-refractivity contribution in [2.45, 2.75) is 6.92 Å². The minimum Gasteiger partial charge on any atom is -0.309 e. The Morgan fingerprint density at radius 1 is 0.676 bits per heavy atom. The van der Waals surface area contributed by atoms with E-state index in [2.05, 4.69) is 100.0 Å². The van der Waals surface area contributed by atoms with Crippen LogP contribution in [-0.4, -0.2) is 15.6 Å². The van der Waals surface area contributed by atoms with Gasteiger partial charge < -0.3 is 4.57 Å². The first-order valence-corrected chi connectivity index (χ1v) is 12.5. The topological polar surface area (TPSA) is 29.6 Å². The van der Waals surface area contributed by atoms with E-state index in [-0.39, 0.29) is 5.29 Å². The number of aliphatic imine (C=N–C) groups is 2. The van der Waals surface area contributed by atoms with Crippen LogP contribution in [0.25, 0.3) is 44.0 Å². The standard InChI is InChI=1S/C33H24ClN3/c1-22(24-12-4-3-5-13-24)35-33(34)36-23(2)26-15-8-10-18-29(26)37-30-19-11-9-17-28(30)32-27-16-7-6-14-25(27)20-21-31(32)37/h3-21H,1H2,2H3. The average molecular weight is 498 g/mol. The van der Waals surface area contributed by atoms with Gasteiger partial charge in [-0.2, -0.15) is 0 Å². The van der Waals surface area contributed by atoms with Crippen LogP contribution in [0.5, 0.6) is 0 Å². The van der Waals surface area contributed by atoms with E-state index in [1.807, 2.05) is 43.3 Å². The molecule has 0 saturated heterocycles. The molecule has 1 heterocycles. The van der Waals surface area contributed by atoms with Gasteiger partial charge in [0.05, 0.1) is 28.1 Å². The van der Waals surface area contributed by atoms with Gasteiger partial charge in [0.1, 0.15) is 0 Å². The summed E-state index contributed by atoms with van der Waals surface area (Å²) < 4.78 is 2.32. The molecule has 0 amide bonds. The highest BCUT2D eigenvalue weighted by Gasteiger charge is 2.17. The van der Waals surface area contributed by atoms with E-state index in [1.165, 1.54) is 21.5 Å². The van der Waals surface area contributed by atoms with Gasteiger partial charge in [0.25, 0.3) is 0 Å². The number of hydrogen-bond donors (Lipinski definition) is 0.